The lowest BCUT2D eigenvalue weighted by Crippen LogP contribution is -2.29. The average Bonchev–Trinajstić information content (AvgIpc) is 2.93. The minimum absolute atomic E-state index is 0.117. The van der Waals surface area contributed by atoms with Gasteiger partial charge in [0.15, 0.2) is 6.10 Å². The molecule has 0 spiro atoms. The number of rotatable bonds is 25. The summed E-state index contributed by atoms with van der Waals surface area (Å²) in [5.74, 6) is -0.997. The topological polar surface area (TPSA) is 140 Å². The first-order valence-electron chi connectivity index (χ1n) is 14.7. The Hall–Kier alpha value is -2.29. The van der Waals surface area contributed by atoms with Gasteiger partial charge < -0.3 is 24.4 Å². The van der Waals surface area contributed by atoms with E-state index in [-0.39, 0.29) is 25.6 Å². The summed E-state index contributed by atoms with van der Waals surface area (Å²) in [4.78, 5) is 42.0. The first kappa shape index (κ1) is 38.7. The van der Waals surface area contributed by atoms with Crippen LogP contribution in [0, 0.1) is 0 Å². The highest BCUT2D eigenvalue weighted by Gasteiger charge is 2.22. The van der Waals surface area contributed by atoms with Crippen LogP contribution in [0.5, 0.6) is 0 Å². The van der Waals surface area contributed by atoms with Crippen molar-refractivity contribution in [3.8, 4) is 0 Å². The zero-order valence-electron chi connectivity index (χ0n) is 24.8. The molecule has 0 fully saturated rings. The molecule has 0 aliphatic heterocycles. The number of ether oxygens (including phenoxy) is 2. The molecule has 9 nitrogen and oxygen atoms in total. The van der Waals surface area contributed by atoms with E-state index in [1.165, 1.54) is 0 Å². The molecular formula is C31H51O9P. The lowest BCUT2D eigenvalue weighted by atomic mass is 10.1. The van der Waals surface area contributed by atoms with Crippen molar-refractivity contribution >= 4 is 19.8 Å². The summed E-state index contributed by atoms with van der Waals surface area (Å²) in [6, 6.07) is 0. The number of phosphoric ester groups is 1. The maximum absolute atomic E-state index is 12.2. The van der Waals surface area contributed by atoms with Crippen LogP contribution in [0.2, 0.25) is 0 Å². The van der Waals surface area contributed by atoms with Crippen molar-refractivity contribution in [2.45, 2.75) is 110 Å². The molecule has 41 heavy (non-hydrogen) atoms. The van der Waals surface area contributed by atoms with E-state index in [1.54, 1.807) is 6.08 Å². The van der Waals surface area contributed by atoms with E-state index in [1.807, 2.05) is 37.3 Å². The van der Waals surface area contributed by atoms with Crippen LogP contribution < -0.4 is 0 Å². The molecule has 0 saturated heterocycles. The van der Waals surface area contributed by atoms with Gasteiger partial charge in [-0.15, -0.1) is 0 Å². The monoisotopic (exact) mass is 598 g/mol. The fourth-order valence-corrected chi connectivity index (χ4v) is 3.72. The smallest absolute Gasteiger partial charge is 0.462 e. The summed E-state index contributed by atoms with van der Waals surface area (Å²) < 4.78 is 25.9. The Morgan fingerprint density at radius 1 is 0.756 bits per heavy atom. The second-order valence-electron chi connectivity index (χ2n) is 9.55. The van der Waals surface area contributed by atoms with Gasteiger partial charge in [0, 0.05) is 12.8 Å². The van der Waals surface area contributed by atoms with Gasteiger partial charge >= 0.3 is 19.8 Å². The molecule has 0 aromatic heterocycles. The molecule has 0 unspecified atom stereocenters. The van der Waals surface area contributed by atoms with Crippen molar-refractivity contribution in [2.75, 3.05) is 13.2 Å². The van der Waals surface area contributed by atoms with Gasteiger partial charge in [0.05, 0.1) is 12.7 Å². The number of allylic oxidation sites excluding steroid dienone is 9. The minimum Gasteiger partial charge on any atom is -0.462 e. The van der Waals surface area contributed by atoms with Crippen LogP contribution in [0.4, 0.5) is 0 Å². The first-order chi connectivity index (χ1) is 19.7. The highest BCUT2D eigenvalue weighted by molar-refractivity contribution is 7.46. The van der Waals surface area contributed by atoms with Crippen molar-refractivity contribution in [1.29, 1.82) is 0 Å². The second kappa shape index (κ2) is 26.6. The summed E-state index contributed by atoms with van der Waals surface area (Å²) in [6.07, 6.45) is 28.1. The molecule has 10 heteroatoms. The molecule has 0 aliphatic rings. The number of carbonyl (C=O) groups excluding carboxylic acids is 2. The minimum atomic E-state index is -4.76. The molecule has 0 heterocycles. The third kappa shape index (κ3) is 29.0. The van der Waals surface area contributed by atoms with Crippen molar-refractivity contribution in [1.82, 2.24) is 0 Å². The fraction of sp³-hybridized carbons (Fsp3) is 0.613. The van der Waals surface area contributed by atoms with Crippen LogP contribution in [0.25, 0.3) is 0 Å². The molecule has 0 aliphatic carbocycles. The SMILES string of the molecule is CCCCCCCC(=O)OC[C@H](COP(=O)(O)O)OC(=O)CCC/C=C\C/C=C\C/C=C\C/C=C\C=C\[C@H](O)CC. The molecule has 2 atom stereocenters. The molecular weight excluding hydrogens is 547 g/mol. The molecule has 234 valence electrons. The van der Waals surface area contributed by atoms with E-state index in [9.17, 15) is 19.3 Å². The van der Waals surface area contributed by atoms with Crippen molar-refractivity contribution in [3.63, 3.8) is 0 Å². The summed E-state index contributed by atoms with van der Waals surface area (Å²) in [6.45, 7) is 3.15. The predicted molar refractivity (Wildman–Crippen MR) is 162 cm³/mol. The number of hydrogen-bond donors (Lipinski definition) is 3. The highest BCUT2D eigenvalue weighted by Crippen LogP contribution is 2.35. The number of phosphoric acid groups is 1. The zero-order chi connectivity index (χ0) is 30.6. The van der Waals surface area contributed by atoms with Gasteiger partial charge in [0.1, 0.15) is 6.61 Å². The molecule has 0 aromatic rings. The van der Waals surface area contributed by atoms with Crippen molar-refractivity contribution in [2.24, 2.45) is 0 Å². The quantitative estimate of drug-likeness (QED) is 0.0340. The Bertz CT molecular complexity index is 871. The Morgan fingerprint density at radius 3 is 2.00 bits per heavy atom. The van der Waals surface area contributed by atoms with E-state index in [0.717, 1.165) is 44.9 Å². The lowest BCUT2D eigenvalue weighted by Gasteiger charge is -2.18. The molecule has 3 N–H and O–H groups in total. The molecule has 0 saturated carbocycles. The number of aliphatic hydroxyl groups excluding tert-OH is 1. The van der Waals surface area contributed by atoms with Crippen molar-refractivity contribution < 1.29 is 43.0 Å². The average molecular weight is 599 g/mol. The van der Waals surface area contributed by atoms with Crippen LogP contribution in [0.15, 0.2) is 60.8 Å². The number of carbonyl (C=O) groups is 2. The van der Waals surface area contributed by atoms with Gasteiger partial charge in [0.2, 0.25) is 0 Å². The first-order valence-corrected chi connectivity index (χ1v) is 16.2. The summed E-state index contributed by atoms with van der Waals surface area (Å²) in [5.41, 5.74) is 0. The third-order valence-corrected chi connectivity index (χ3v) is 6.19. The summed E-state index contributed by atoms with van der Waals surface area (Å²) in [7, 11) is -4.76. The molecule has 0 amide bonds. The van der Waals surface area contributed by atoms with E-state index >= 15 is 0 Å². The number of hydrogen-bond acceptors (Lipinski definition) is 7. The van der Waals surface area contributed by atoms with Gasteiger partial charge in [-0.2, -0.15) is 0 Å². The van der Waals surface area contributed by atoms with E-state index in [4.69, 9.17) is 19.3 Å². The summed E-state index contributed by atoms with van der Waals surface area (Å²) in [5, 5.41) is 9.41. The van der Waals surface area contributed by atoms with Crippen molar-refractivity contribution in [3.05, 3.63) is 60.8 Å². The maximum atomic E-state index is 12.2. The van der Waals surface area contributed by atoms with E-state index < -0.39 is 32.5 Å². The van der Waals surface area contributed by atoms with Gasteiger partial charge in [0.25, 0.3) is 0 Å². The second-order valence-corrected chi connectivity index (χ2v) is 10.8. The zero-order valence-corrected chi connectivity index (χ0v) is 25.7. The van der Waals surface area contributed by atoms with Crippen LogP contribution >= 0.6 is 7.82 Å². The fourth-order valence-electron chi connectivity index (χ4n) is 3.36. The lowest BCUT2D eigenvalue weighted by molar-refractivity contribution is -0.161. The predicted octanol–water partition coefficient (Wildman–Crippen LogP) is 6.80. The Labute approximate surface area is 246 Å². The normalized spacial score (nSPS) is 14.2. The number of esters is 2. The van der Waals surface area contributed by atoms with E-state index in [0.29, 0.717) is 25.7 Å². The standard InChI is InChI=1S/C31H51O9P/c1-3-5-6-17-21-24-30(33)38-26-29(27-39-41(35,36)37)40-31(34)25-22-19-16-14-12-10-8-7-9-11-13-15-18-20-23-28(32)4-2/h8-11,14-16,18,20,23,28-29,32H,3-7,12-13,17,19,21-22,24-27H2,1-2H3,(H2,35,36,37)/b10-8-,11-9-,16-14-,18-15-,23-20+/t28-,29-/m1/s1. The Morgan fingerprint density at radius 2 is 1.37 bits per heavy atom. The molecule has 0 radical (unpaired) electrons. The largest absolute Gasteiger partial charge is 0.469 e. The molecule has 0 bridgehead atoms. The summed E-state index contributed by atoms with van der Waals surface area (Å²) >= 11 is 0. The number of unbranched alkanes of at least 4 members (excludes halogenated alkanes) is 5. The van der Waals surface area contributed by atoms with E-state index in [2.05, 4.69) is 35.8 Å². The third-order valence-electron chi connectivity index (χ3n) is 5.71. The molecule has 0 aromatic carbocycles. The Balaban J connectivity index is 4.18. The number of aliphatic hydroxyl groups is 1. The van der Waals surface area contributed by atoms with Gasteiger partial charge in [-0.3, -0.25) is 14.1 Å². The maximum Gasteiger partial charge on any atom is 0.469 e. The van der Waals surface area contributed by atoms with Crippen LogP contribution in [-0.4, -0.2) is 52.3 Å². The highest BCUT2D eigenvalue weighted by atomic mass is 31.2. The van der Waals surface area contributed by atoms with Gasteiger partial charge in [-0.05, 0) is 44.9 Å². The molecule has 0 rings (SSSR count). The van der Waals surface area contributed by atoms with Gasteiger partial charge in [-0.1, -0.05) is 100 Å². The van der Waals surface area contributed by atoms with Crippen LogP contribution in [0.1, 0.15) is 97.3 Å². The van der Waals surface area contributed by atoms with Gasteiger partial charge in [-0.25, -0.2) is 4.57 Å². The van der Waals surface area contributed by atoms with Crippen LogP contribution in [-0.2, 0) is 28.2 Å². The van der Waals surface area contributed by atoms with Crippen LogP contribution in [0.3, 0.4) is 0 Å². The Kier molecular flexibility index (Phi) is 25.1.